The van der Waals surface area contributed by atoms with Crippen molar-refractivity contribution in [3.63, 3.8) is 0 Å². The van der Waals surface area contributed by atoms with Crippen molar-refractivity contribution in [2.45, 2.75) is 32.3 Å². The van der Waals surface area contributed by atoms with Gasteiger partial charge in [0.2, 0.25) is 5.91 Å². The highest BCUT2D eigenvalue weighted by Gasteiger charge is 2.30. The highest BCUT2D eigenvalue weighted by Crippen LogP contribution is 2.06. The number of carbonyl (C=O) groups is 2. The monoisotopic (exact) mass is 265 g/mol. The lowest BCUT2D eigenvalue weighted by atomic mass is 10.1. The van der Waals surface area contributed by atoms with E-state index in [1.54, 1.807) is 0 Å². The van der Waals surface area contributed by atoms with Gasteiger partial charge in [0.05, 0.1) is 6.54 Å². The van der Waals surface area contributed by atoms with Crippen LogP contribution in [0.4, 0.5) is 0 Å². The van der Waals surface area contributed by atoms with Crippen LogP contribution in [0.2, 0.25) is 0 Å². The zero-order valence-electron chi connectivity index (χ0n) is 11.1. The van der Waals surface area contributed by atoms with Crippen molar-refractivity contribution in [1.29, 1.82) is 0 Å². The standard InChI is InChI=1S/C14H19NO4/c1-10-3-5-11(6-4-10)7-8-12(16)15-9-14(2,19)13(17)18/h3-6,19H,7-9H2,1-2H3,(H,15,16)(H,17,18). The molecule has 0 aliphatic heterocycles. The summed E-state index contributed by atoms with van der Waals surface area (Å²) in [7, 11) is 0. The van der Waals surface area contributed by atoms with E-state index < -0.39 is 11.6 Å². The van der Waals surface area contributed by atoms with Gasteiger partial charge in [-0.15, -0.1) is 0 Å². The quantitative estimate of drug-likeness (QED) is 0.712. The summed E-state index contributed by atoms with van der Waals surface area (Å²) >= 11 is 0. The Labute approximate surface area is 112 Å². The maximum Gasteiger partial charge on any atom is 0.337 e. The number of carboxylic acid groups (broad SMARTS) is 1. The van der Waals surface area contributed by atoms with E-state index in [4.69, 9.17) is 5.11 Å². The van der Waals surface area contributed by atoms with E-state index >= 15 is 0 Å². The van der Waals surface area contributed by atoms with Crippen LogP contribution >= 0.6 is 0 Å². The van der Waals surface area contributed by atoms with Gasteiger partial charge in [0.15, 0.2) is 5.60 Å². The molecule has 1 aromatic rings. The molecule has 0 bridgehead atoms. The van der Waals surface area contributed by atoms with E-state index in [9.17, 15) is 14.7 Å². The second-order valence-corrected chi connectivity index (χ2v) is 4.84. The molecule has 1 amide bonds. The smallest absolute Gasteiger partial charge is 0.337 e. The van der Waals surface area contributed by atoms with Gasteiger partial charge >= 0.3 is 5.97 Å². The second kappa shape index (κ2) is 6.33. The van der Waals surface area contributed by atoms with Crippen LogP contribution in [-0.4, -0.2) is 34.2 Å². The third-order valence-electron chi connectivity index (χ3n) is 2.85. The molecule has 1 rings (SSSR count). The zero-order valence-corrected chi connectivity index (χ0v) is 11.1. The highest BCUT2D eigenvalue weighted by atomic mass is 16.4. The van der Waals surface area contributed by atoms with Gasteiger partial charge in [0, 0.05) is 6.42 Å². The van der Waals surface area contributed by atoms with Crippen LogP contribution in [0.25, 0.3) is 0 Å². The van der Waals surface area contributed by atoms with E-state index in [1.165, 1.54) is 0 Å². The molecule has 3 N–H and O–H groups in total. The number of hydrogen-bond acceptors (Lipinski definition) is 3. The molecule has 5 nitrogen and oxygen atoms in total. The first-order chi connectivity index (χ1) is 8.81. The molecule has 5 heteroatoms. The number of rotatable bonds is 6. The van der Waals surface area contributed by atoms with Gasteiger partial charge in [-0.1, -0.05) is 29.8 Å². The van der Waals surface area contributed by atoms with E-state index in [-0.39, 0.29) is 18.9 Å². The van der Waals surface area contributed by atoms with Crippen molar-refractivity contribution >= 4 is 11.9 Å². The van der Waals surface area contributed by atoms with Crippen molar-refractivity contribution < 1.29 is 19.8 Å². The van der Waals surface area contributed by atoms with Gasteiger partial charge in [0.25, 0.3) is 0 Å². The Morgan fingerprint density at radius 3 is 2.37 bits per heavy atom. The third kappa shape index (κ3) is 5.09. The molecular weight excluding hydrogens is 246 g/mol. The van der Waals surface area contributed by atoms with Crippen molar-refractivity contribution in [3.8, 4) is 0 Å². The van der Waals surface area contributed by atoms with Crippen molar-refractivity contribution in [2.24, 2.45) is 0 Å². The molecule has 0 aromatic heterocycles. The fourth-order valence-corrected chi connectivity index (χ4v) is 1.45. The van der Waals surface area contributed by atoms with Crippen LogP contribution in [0, 0.1) is 6.92 Å². The van der Waals surface area contributed by atoms with Gasteiger partial charge < -0.3 is 15.5 Å². The van der Waals surface area contributed by atoms with E-state index in [0.29, 0.717) is 6.42 Å². The SMILES string of the molecule is Cc1ccc(CCC(=O)NCC(C)(O)C(=O)O)cc1. The molecule has 0 aliphatic carbocycles. The summed E-state index contributed by atoms with van der Waals surface area (Å²) in [5, 5.41) is 20.5. The fourth-order valence-electron chi connectivity index (χ4n) is 1.45. The molecule has 1 aromatic carbocycles. The first-order valence-corrected chi connectivity index (χ1v) is 6.09. The predicted octanol–water partition coefficient (Wildman–Crippen LogP) is 0.879. The average molecular weight is 265 g/mol. The number of carboxylic acids is 1. The molecule has 0 aliphatic rings. The molecule has 0 fully saturated rings. The Balaban J connectivity index is 2.36. The van der Waals surface area contributed by atoms with Crippen LogP contribution < -0.4 is 5.32 Å². The van der Waals surface area contributed by atoms with Crippen LogP contribution in [0.15, 0.2) is 24.3 Å². The first-order valence-electron chi connectivity index (χ1n) is 6.09. The summed E-state index contributed by atoms with van der Waals surface area (Å²) in [4.78, 5) is 22.2. The van der Waals surface area contributed by atoms with Crippen molar-refractivity contribution in [2.75, 3.05) is 6.54 Å². The molecule has 1 unspecified atom stereocenters. The van der Waals surface area contributed by atoms with Crippen LogP contribution in [0.3, 0.4) is 0 Å². The number of amides is 1. The van der Waals surface area contributed by atoms with Gasteiger partial charge in [-0.05, 0) is 25.8 Å². The number of benzene rings is 1. The van der Waals surface area contributed by atoms with Crippen LogP contribution in [0.1, 0.15) is 24.5 Å². The van der Waals surface area contributed by atoms with Gasteiger partial charge in [-0.2, -0.15) is 0 Å². The predicted molar refractivity (Wildman–Crippen MR) is 70.8 cm³/mol. The Morgan fingerprint density at radius 2 is 1.84 bits per heavy atom. The van der Waals surface area contributed by atoms with Gasteiger partial charge in [0.1, 0.15) is 0 Å². The summed E-state index contributed by atoms with van der Waals surface area (Å²) in [5.41, 5.74) is 0.274. The summed E-state index contributed by atoms with van der Waals surface area (Å²) in [5.74, 6) is -1.63. The number of nitrogens with one attached hydrogen (secondary N) is 1. The Morgan fingerprint density at radius 1 is 1.26 bits per heavy atom. The average Bonchev–Trinajstić information content (AvgIpc) is 2.35. The third-order valence-corrected chi connectivity index (χ3v) is 2.85. The molecule has 19 heavy (non-hydrogen) atoms. The molecule has 0 radical (unpaired) electrons. The molecule has 104 valence electrons. The van der Waals surface area contributed by atoms with E-state index in [0.717, 1.165) is 18.1 Å². The zero-order chi connectivity index (χ0) is 14.5. The highest BCUT2D eigenvalue weighted by molar-refractivity contribution is 5.80. The maximum absolute atomic E-state index is 11.5. The minimum absolute atomic E-state index is 0.263. The lowest BCUT2D eigenvalue weighted by Gasteiger charge is -2.18. The largest absolute Gasteiger partial charge is 0.479 e. The summed E-state index contributed by atoms with van der Waals surface area (Å²) in [6, 6.07) is 7.86. The van der Waals surface area contributed by atoms with E-state index in [2.05, 4.69) is 5.32 Å². The Kier molecular flexibility index (Phi) is 5.06. The van der Waals surface area contributed by atoms with Crippen LogP contribution in [0.5, 0.6) is 0 Å². The first kappa shape index (κ1) is 15.2. The topological polar surface area (TPSA) is 86.6 Å². The Bertz CT molecular complexity index is 451. The number of aryl methyl sites for hydroxylation is 2. The summed E-state index contributed by atoms with van der Waals surface area (Å²) in [6.07, 6.45) is 0.847. The minimum Gasteiger partial charge on any atom is -0.479 e. The summed E-state index contributed by atoms with van der Waals surface area (Å²) in [6.45, 7) is 2.84. The number of hydrogen-bond donors (Lipinski definition) is 3. The summed E-state index contributed by atoms with van der Waals surface area (Å²) < 4.78 is 0. The van der Waals surface area contributed by atoms with Crippen molar-refractivity contribution in [1.82, 2.24) is 5.32 Å². The van der Waals surface area contributed by atoms with Crippen LogP contribution in [-0.2, 0) is 16.0 Å². The molecular formula is C14H19NO4. The molecule has 0 heterocycles. The maximum atomic E-state index is 11.5. The lowest BCUT2D eigenvalue weighted by molar-refractivity contribution is -0.156. The number of carbonyl (C=O) groups excluding carboxylic acids is 1. The molecule has 0 saturated heterocycles. The Hall–Kier alpha value is -1.88. The number of aliphatic hydroxyl groups is 1. The lowest BCUT2D eigenvalue weighted by Crippen LogP contribution is -2.46. The molecule has 1 atom stereocenters. The molecule has 0 saturated carbocycles. The van der Waals surface area contributed by atoms with Crippen molar-refractivity contribution in [3.05, 3.63) is 35.4 Å². The minimum atomic E-state index is -1.93. The van der Waals surface area contributed by atoms with E-state index in [1.807, 2.05) is 31.2 Å². The molecule has 0 spiro atoms. The second-order valence-electron chi connectivity index (χ2n) is 4.84. The normalized spacial score (nSPS) is 13.6. The number of aliphatic carboxylic acids is 1. The van der Waals surface area contributed by atoms with Gasteiger partial charge in [-0.25, -0.2) is 4.79 Å². The fraction of sp³-hybridized carbons (Fsp3) is 0.429. The van der Waals surface area contributed by atoms with Gasteiger partial charge in [-0.3, -0.25) is 4.79 Å².